The van der Waals surface area contributed by atoms with Gasteiger partial charge < -0.3 is 10.1 Å². The summed E-state index contributed by atoms with van der Waals surface area (Å²) in [6, 6.07) is 0.827. The topological polar surface area (TPSA) is 38.3 Å². The van der Waals surface area contributed by atoms with Crippen molar-refractivity contribution in [1.29, 1.82) is 0 Å². The Labute approximate surface area is 96.3 Å². The molecule has 4 heteroatoms. The molecular weight excluding hydrogens is 210 g/mol. The van der Waals surface area contributed by atoms with Gasteiger partial charge in [-0.3, -0.25) is 4.79 Å². The van der Waals surface area contributed by atoms with Crippen molar-refractivity contribution in [1.82, 2.24) is 5.32 Å². The summed E-state index contributed by atoms with van der Waals surface area (Å²) >= 11 is 2.02. The van der Waals surface area contributed by atoms with E-state index in [0.717, 1.165) is 0 Å². The summed E-state index contributed by atoms with van der Waals surface area (Å²) in [6.07, 6.45) is 2.92. The van der Waals surface area contributed by atoms with E-state index in [0.29, 0.717) is 19.1 Å². The lowest BCUT2D eigenvalue weighted by atomic mass is 10.1. The molecule has 0 aromatic heterocycles. The second kappa shape index (κ2) is 7.12. The van der Waals surface area contributed by atoms with Gasteiger partial charge in [0.15, 0.2) is 0 Å². The van der Waals surface area contributed by atoms with Crippen LogP contribution in [-0.2, 0) is 9.53 Å². The van der Waals surface area contributed by atoms with Crippen molar-refractivity contribution >= 4 is 17.7 Å². The fourth-order valence-electron chi connectivity index (χ4n) is 1.80. The van der Waals surface area contributed by atoms with Gasteiger partial charge in [0.1, 0.15) is 0 Å². The predicted octanol–water partition coefficient (Wildman–Crippen LogP) is 1.81. The summed E-state index contributed by atoms with van der Waals surface area (Å²) in [5.41, 5.74) is 0. The Morgan fingerprint density at radius 3 is 2.80 bits per heavy atom. The molecule has 1 atom stereocenters. The van der Waals surface area contributed by atoms with Gasteiger partial charge >= 0.3 is 5.97 Å². The molecule has 1 fully saturated rings. The fourth-order valence-corrected chi connectivity index (χ4v) is 2.90. The molecule has 3 nitrogen and oxygen atoms in total. The van der Waals surface area contributed by atoms with Crippen molar-refractivity contribution in [2.45, 2.75) is 45.2 Å². The second-order valence-corrected chi connectivity index (χ2v) is 5.19. The number of esters is 1. The van der Waals surface area contributed by atoms with E-state index in [1.807, 2.05) is 18.7 Å². The van der Waals surface area contributed by atoms with E-state index < -0.39 is 0 Å². The Morgan fingerprint density at radius 2 is 2.20 bits per heavy atom. The zero-order valence-electron chi connectivity index (χ0n) is 9.62. The van der Waals surface area contributed by atoms with Gasteiger partial charge in [0.25, 0.3) is 0 Å². The van der Waals surface area contributed by atoms with Crippen molar-refractivity contribution in [2.75, 3.05) is 18.1 Å². The first kappa shape index (κ1) is 12.8. The molecule has 1 unspecified atom stereocenters. The quantitative estimate of drug-likeness (QED) is 0.732. The Hall–Kier alpha value is -0.220. The van der Waals surface area contributed by atoms with Crippen LogP contribution in [0.15, 0.2) is 0 Å². The lowest BCUT2D eigenvalue weighted by Crippen LogP contribution is -2.40. The minimum Gasteiger partial charge on any atom is -0.466 e. The van der Waals surface area contributed by atoms with Crippen LogP contribution in [0.3, 0.4) is 0 Å². The first-order valence-corrected chi connectivity index (χ1v) is 6.87. The normalized spacial score (nSPS) is 19.9. The van der Waals surface area contributed by atoms with E-state index in [4.69, 9.17) is 4.74 Å². The molecule has 0 saturated carbocycles. The third kappa shape index (κ3) is 5.42. The van der Waals surface area contributed by atoms with Crippen molar-refractivity contribution in [3.63, 3.8) is 0 Å². The smallest absolute Gasteiger partial charge is 0.307 e. The molecule has 88 valence electrons. The van der Waals surface area contributed by atoms with Crippen LogP contribution in [-0.4, -0.2) is 36.2 Å². The standard InChI is InChI=1S/C11H21NO2S/c1-3-14-11(13)8-9(2)12-10-4-6-15-7-5-10/h9-10,12H,3-8H2,1-2H3. The van der Waals surface area contributed by atoms with Crippen LogP contribution in [0.25, 0.3) is 0 Å². The molecule has 0 spiro atoms. The lowest BCUT2D eigenvalue weighted by Gasteiger charge is -2.25. The van der Waals surface area contributed by atoms with Gasteiger partial charge in [0.05, 0.1) is 13.0 Å². The highest BCUT2D eigenvalue weighted by Crippen LogP contribution is 2.17. The van der Waals surface area contributed by atoms with E-state index in [2.05, 4.69) is 12.2 Å². The van der Waals surface area contributed by atoms with Crippen LogP contribution < -0.4 is 5.32 Å². The zero-order valence-corrected chi connectivity index (χ0v) is 10.4. The summed E-state index contributed by atoms with van der Waals surface area (Å²) in [5, 5.41) is 3.49. The van der Waals surface area contributed by atoms with Crippen LogP contribution in [0.2, 0.25) is 0 Å². The number of carbonyl (C=O) groups excluding carboxylic acids is 1. The van der Waals surface area contributed by atoms with Gasteiger partial charge in [-0.2, -0.15) is 11.8 Å². The molecule has 15 heavy (non-hydrogen) atoms. The van der Waals surface area contributed by atoms with Crippen LogP contribution in [0, 0.1) is 0 Å². The maximum Gasteiger partial charge on any atom is 0.307 e. The maximum atomic E-state index is 11.2. The molecule has 1 aliphatic rings. The molecule has 0 radical (unpaired) electrons. The van der Waals surface area contributed by atoms with Crippen LogP contribution in [0.4, 0.5) is 0 Å². The molecular formula is C11H21NO2S. The van der Waals surface area contributed by atoms with Gasteiger partial charge in [0, 0.05) is 12.1 Å². The number of ether oxygens (including phenoxy) is 1. The summed E-state index contributed by atoms with van der Waals surface area (Å²) in [5.74, 6) is 2.39. The number of nitrogens with one attached hydrogen (secondary N) is 1. The largest absolute Gasteiger partial charge is 0.466 e. The Bertz CT molecular complexity index is 193. The van der Waals surface area contributed by atoms with Gasteiger partial charge in [-0.1, -0.05) is 0 Å². The summed E-state index contributed by atoms with van der Waals surface area (Å²) in [7, 11) is 0. The van der Waals surface area contributed by atoms with Crippen LogP contribution in [0.5, 0.6) is 0 Å². The van der Waals surface area contributed by atoms with Crippen molar-refractivity contribution < 1.29 is 9.53 Å². The maximum absolute atomic E-state index is 11.2. The Morgan fingerprint density at radius 1 is 1.53 bits per heavy atom. The van der Waals surface area contributed by atoms with Crippen LogP contribution in [0.1, 0.15) is 33.1 Å². The number of hydrogen-bond acceptors (Lipinski definition) is 4. The van der Waals surface area contributed by atoms with Gasteiger partial charge in [-0.25, -0.2) is 0 Å². The minimum absolute atomic E-state index is 0.0947. The first-order chi connectivity index (χ1) is 7.22. The molecule has 1 rings (SSSR count). The van der Waals surface area contributed by atoms with Crippen molar-refractivity contribution in [3.05, 3.63) is 0 Å². The number of hydrogen-bond donors (Lipinski definition) is 1. The fraction of sp³-hybridized carbons (Fsp3) is 0.909. The molecule has 0 bridgehead atoms. The second-order valence-electron chi connectivity index (χ2n) is 3.96. The van der Waals surface area contributed by atoms with Gasteiger partial charge in [-0.05, 0) is 38.2 Å². The molecule has 0 aliphatic carbocycles. The van der Waals surface area contributed by atoms with Gasteiger partial charge in [-0.15, -0.1) is 0 Å². The predicted molar refractivity (Wildman–Crippen MR) is 64.2 cm³/mol. The zero-order chi connectivity index (χ0) is 11.1. The molecule has 1 N–H and O–H groups in total. The highest BCUT2D eigenvalue weighted by molar-refractivity contribution is 7.99. The first-order valence-electron chi connectivity index (χ1n) is 5.71. The average molecular weight is 231 g/mol. The van der Waals surface area contributed by atoms with E-state index in [-0.39, 0.29) is 12.0 Å². The van der Waals surface area contributed by atoms with E-state index in [1.165, 1.54) is 24.3 Å². The molecule has 0 aromatic rings. The van der Waals surface area contributed by atoms with Crippen molar-refractivity contribution in [2.24, 2.45) is 0 Å². The highest BCUT2D eigenvalue weighted by Gasteiger charge is 2.17. The number of rotatable bonds is 5. The molecule has 1 heterocycles. The minimum atomic E-state index is -0.0947. The molecule has 1 aliphatic heterocycles. The van der Waals surface area contributed by atoms with Gasteiger partial charge in [0.2, 0.25) is 0 Å². The van der Waals surface area contributed by atoms with Crippen LogP contribution >= 0.6 is 11.8 Å². The third-order valence-electron chi connectivity index (χ3n) is 2.52. The monoisotopic (exact) mass is 231 g/mol. The Kier molecular flexibility index (Phi) is 6.10. The van der Waals surface area contributed by atoms with E-state index >= 15 is 0 Å². The SMILES string of the molecule is CCOC(=O)CC(C)NC1CCSCC1. The molecule has 1 saturated heterocycles. The highest BCUT2D eigenvalue weighted by atomic mass is 32.2. The lowest BCUT2D eigenvalue weighted by molar-refractivity contribution is -0.143. The summed E-state index contributed by atoms with van der Waals surface area (Å²) in [4.78, 5) is 11.2. The summed E-state index contributed by atoms with van der Waals surface area (Å²) < 4.78 is 4.92. The average Bonchev–Trinajstić information content (AvgIpc) is 2.19. The van der Waals surface area contributed by atoms with E-state index in [1.54, 1.807) is 0 Å². The van der Waals surface area contributed by atoms with Crippen molar-refractivity contribution in [3.8, 4) is 0 Å². The molecule has 0 amide bonds. The Balaban J connectivity index is 2.16. The van der Waals surface area contributed by atoms with E-state index in [9.17, 15) is 4.79 Å². The molecule has 0 aromatic carbocycles. The third-order valence-corrected chi connectivity index (χ3v) is 3.57. The number of thioether (sulfide) groups is 1. The summed E-state index contributed by atoms with van der Waals surface area (Å²) in [6.45, 7) is 4.37. The number of carbonyl (C=O) groups is 1.